The Kier molecular flexibility index (Phi) is 2.36. The standard InChI is InChI=1S/C13H17N3O2/c1-8-6-15(13(17)18)7-11-4-9-2-3-10(14)5-12(9)16(8)11/h2-3,5,8,11H,4,6-7,14H2,1H3,(H,17,18)/t8-,11-/m1/s1. The van der Waals surface area contributed by atoms with Gasteiger partial charge in [0.2, 0.25) is 0 Å². The number of amides is 1. The van der Waals surface area contributed by atoms with Crippen LogP contribution in [-0.2, 0) is 6.42 Å². The third kappa shape index (κ3) is 1.58. The molecule has 2 heterocycles. The Hall–Kier alpha value is -1.91. The van der Waals surface area contributed by atoms with Gasteiger partial charge in [0.15, 0.2) is 0 Å². The summed E-state index contributed by atoms with van der Waals surface area (Å²) in [5, 5.41) is 9.12. The van der Waals surface area contributed by atoms with Crippen molar-refractivity contribution >= 4 is 17.5 Å². The highest BCUT2D eigenvalue weighted by Crippen LogP contribution is 2.37. The van der Waals surface area contributed by atoms with Gasteiger partial charge in [0.1, 0.15) is 0 Å². The molecule has 0 aromatic heterocycles. The molecule has 2 aliphatic rings. The average molecular weight is 247 g/mol. The lowest BCUT2D eigenvalue weighted by atomic mass is 10.1. The maximum absolute atomic E-state index is 11.1. The van der Waals surface area contributed by atoms with Crippen molar-refractivity contribution in [2.45, 2.75) is 25.4 Å². The van der Waals surface area contributed by atoms with Crippen molar-refractivity contribution in [1.29, 1.82) is 0 Å². The minimum absolute atomic E-state index is 0.197. The minimum Gasteiger partial charge on any atom is -0.465 e. The average Bonchev–Trinajstić information content (AvgIpc) is 2.66. The normalized spacial score (nSPS) is 25.8. The van der Waals surface area contributed by atoms with Gasteiger partial charge >= 0.3 is 6.09 Å². The van der Waals surface area contributed by atoms with Crippen molar-refractivity contribution in [3.63, 3.8) is 0 Å². The first kappa shape index (κ1) is 11.2. The van der Waals surface area contributed by atoms with Crippen molar-refractivity contribution in [3.05, 3.63) is 23.8 Å². The number of carbonyl (C=O) groups is 1. The Morgan fingerprint density at radius 1 is 1.44 bits per heavy atom. The molecule has 1 fully saturated rings. The molecule has 18 heavy (non-hydrogen) atoms. The molecule has 96 valence electrons. The van der Waals surface area contributed by atoms with E-state index < -0.39 is 6.09 Å². The smallest absolute Gasteiger partial charge is 0.407 e. The summed E-state index contributed by atoms with van der Waals surface area (Å²) < 4.78 is 0. The molecule has 1 amide bonds. The number of nitrogens with two attached hydrogens (primary N) is 1. The van der Waals surface area contributed by atoms with Crippen LogP contribution in [0.4, 0.5) is 16.2 Å². The summed E-state index contributed by atoms with van der Waals surface area (Å²) in [7, 11) is 0. The zero-order valence-electron chi connectivity index (χ0n) is 10.3. The maximum Gasteiger partial charge on any atom is 0.407 e. The number of hydrogen-bond acceptors (Lipinski definition) is 3. The second-order valence-electron chi connectivity index (χ2n) is 5.19. The minimum atomic E-state index is -0.822. The number of carboxylic acid groups (broad SMARTS) is 1. The number of benzene rings is 1. The molecule has 5 nitrogen and oxygen atoms in total. The number of nitrogens with zero attached hydrogens (tertiary/aromatic N) is 2. The second kappa shape index (κ2) is 3.80. The maximum atomic E-state index is 11.1. The van der Waals surface area contributed by atoms with Crippen LogP contribution in [0, 0.1) is 0 Å². The van der Waals surface area contributed by atoms with Crippen molar-refractivity contribution in [3.8, 4) is 0 Å². The zero-order valence-corrected chi connectivity index (χ0v) is 10.3. The van der Waals surface area contributed by atoms with E-state index in [0.717, 1.165) is 12.1 Å². The third-order valence-corrected chi connectivity index (χ3v) is 3.90. The molecular formula is C13H17N3O2. The lowest BCUT2D eigenvalue weighted by molar-refractivity contribution is 0.128. The fourth-order valence-corrected chi connectivity index (χ4v) is 3.18. The summed E-state index contributed by atoms with van der Waals surface area (Å²) in [6.07, 6.45) is 0.0842. The Bertz CT molecular complexity index is 503. The van der Waals surface area contributed by atoms with Crippen LogP contribution >= 0.6 is 0 Å². The fraction of sp³-hybridized carbons (Fsp3) is 0.462. The molecule has 0 bridgehead atoms. The molecule has 0 unspecified atom stereocenters. The van der Waals surface area contributed by atoms with Crippen molar-refractivity contribution in [1.82, 2.24) is 4.90 Å². The van der Waals surface area contributed by atoms with E-state index in [9.17, 15) is 4.79 Å². The molecule has 0 radical (unpaired) electrons. The highest BCUT2D eigenvalue weighted by Gasteiger charge is 2.39. The Morgan fingerprint density at radius 3 is 2.94 bits per heavy atom. The van der Waals surface area contributed by atoms with E-state index in [-0.39, 0.29) is 12.1 Å². The third-order valence-electron chi connectivity index (χ3n) is 3.90. The van der Waals surface area contributed by atoms with E-state index in [1.807, 2.05) is 12.1 Å². The van der Waals surface area contributed by atoms with Gasteiger partial charge in [0.05, 0.1) is 6.04 Å². The van der Waals surface area contributed by atoms with Gasteiger partial charge in [-0.15, -0.1) is 0 Å². The Morgan fingerprint density at radius 2 is 2.22 bits per heavy atom. The van der Waals surface area contributed by atoms with Crippen molar-refractivity contribution in [2.75, 3.05) is 23.7 Å². The largest absolute Gasteiger partial charge is 0.465 e. The van der Waals surface area contributed by atoms with Crippen LogP contribution in [0.25, 0.3) is 0 Å². The summed E-state index contributed by atoms with van der Waals surface area (Å²) >= 11 is 0. The first-order chi connectivity index (χ1) is 8.56. The monoisotopic (exact) mass is 247 g/mol. The molecule has 0 spiro atoms. The summed E-state index contributed by atoms with van der Waals surface area (Å²) in [6, 6.07) is 6.42. The predicted octanol–water partition coefficient (Wildman–Crippen LogP) is 1.38. The Balaban J connectivity index is 1.93. The van der Waals surface area contributed by atoms with Crippen molar-refractivity contribution < 1.29 is 9.90 Å². The molecule has 3 rings (SSSR count). The fourth-order valence-electron chi connectivity index (χ4n) is 3.18. The highest BCUT2D eigenvalue weighted by molar-refractivity contribution is 5.69. The molecular weight excluding hydrogens is 230 g/mol. The van der Waals surface area contributed by atoms with Crippen LogP contribution in [0.3, 0.4) is 0 Å². The molecule has 1 aromatic rings. The quantitative estimate of drug-likeness (QED) is 0.680. The molecule has 2 atom stereocenters. The van der Waals surface area contributed by atoms with Crippen molar-refractivity contribution in [2.24, 2.45) is 0 Å². The van der Waals surface area contributed by atoms with Crippen LogP contribution in [0.5, 0.6) is 0 Å². The molecule has 2 aliphatic heterocycles. The van der Waals surface area contributed by atoms with Gasteiger partial charge in [0.25, 0.3) is 0 Å². The Labute approximate surface area is 106 Å². The number of nitrogen functional groups attached to an aromatic ring is 1. The second-order valence-corrected chi connectivity index (χ2v) is 5.19. The number of fused-ring (bicyclic) bond motifs is 3. The highest BCUT2D eigenvalue weighted by atomic mass is 16.4. The van der Waals surface area contributed by atoms with E-state index in [0.29, 0.717) is 13.1 Å². The van der Waals surface area contributed by atoms with Crippen LogP contribution in [0.1, 0.15) is 12.5 Å². The predicted molar refractivity (Wildman–Crippen MR) is 69.9 cm³/mol. The van der Waals surface area contributed by atoms with E-state index in [1.165, 1.54) is 16.2 Å². The van der Waals surface area contributed by atoms with Crippen LogP contribution in [0.2, 0.25) is 0 Å². The zero-order chi connectivity index (χ0) is 12.9. The van der Waals surface area contributed by atoms with Gasteiger partial charge < -0.3 is 20.6 Å². The van der Waals surface area contributed by atoms with Gasteiger partial charge in [-0.3, -0.25) is 0 Å². The number of anilines is 2. The SMILES string of the molecule is C[C@@H]1CN(C(=O)O)C[C@H]2Cc3ccc(N)cc3N21. The molecule has 5 heteroatoms. The van der Waals surface area contributed by atoms with Gasteiger partial charge in [-0.2, -0.15) is 0 Å². The van der Waals surface area contributed by atoms with Crippen LogP contribution < -0.4 is 10.6 Å². The van der Waals surface area contributed by atoms with E-state index >= 15 is 0 Å². The number of hydrogen-bond donors (Lipinski definition) is 2. The summed E-state index contributed by atoms with van der Waals surface area (Å²) in [4.78, 5) is 14.9. The van der Waals surface area contributed by atoms with Gasteiger partial charge in [0, 0.05) is 30.5 Å². The summed E-state index contributed by atoms with van der Waals surface area (Å²) in [5.74, 6) is 0. The van der Waals surface area contributed by atoms with E-state index in [1.54, 1.807) is 0 Å². The summed E-state index contributed by atoms with van der Waals surface area (Å²) in [6.45, 7) is 3.20. The lowest BCUT2D eigenvalue weighted by Crippen LogP contribution is -2.57. The van der Waals surface area contributed by atoms with Gasteiger partial charge in [-0.1, -0.05) is 6.07 Å². The van der Waals surface area contributed by atoms with Gasteiger partial charge in [-0.05, 0) is 31.0 Å². The molecule has 1 saturated heterocycles. The molecule has 0 saturated carbocycles. The van der Waals surface area contributed by atoms with E-state index in [4.69, 9.17) is 10.8 Å². The number of piperazine rings is 1. The van der Waals surface area contributed by atoms with Crippen LogP contribution in [-0.4, -0.2) is 41.3 Å². The molecule has 0 aliphatic carbocycles. The van der Waals surface area contributed by atoms with Gasteiger partial charge in [-0.25, -0.2) is 4.79 Å². The van der Waals surface area contributed by atoms with E-state index in [2.05, 4.69) is 17.9 Å². The topological polar surface area (TPSA) is 69.8 Å². The number of rotatable bonds is 0. The first-order valence-corrected chi connectivity index (χ1v) is 6.21. The first-order valence-electron chi connectivity index (χ1n) is 6.21. The molecule has 3 N–H and O–H groups in total. The van der Waals surface area contributed by atoms with Crippen LogP contribution in [0.15, 0.2) is 18.2 Å². The molecule has 1 aromatic carbocycles. The summed E-state index contributed by atoms with van der Waals surface area (Å²) in [5.41, 5.74) is 9.06. The lowest BCUT2D eigenvalue weighted by Gasteiger charge is -2.42.